The molecule has 1 aliphatic carbocycles. The van der Waals surface area contributed by atoms with Gasteiger partial charge in [-0.05, 0) is 32.3 Å². The first kappa shape index (κ1) is 14.6. The maximum absolute atomic E-state index is 11.1. The SMILES string of the molecule is CC(C)n1ncc(Cl)c1C(O)C1(c2ccccc2)CCC1. The second kappa shape index (κ2) is 5.47. The summed E-state index contributed by atoms with van der Waals surface area (Å²) in [6.45, 7) is 4.10. The maximum Gasteiger partial charge on any atom is 0.107 e. The summed E-state index contributed by atoms with van der Waals surface area (Å²) < 4.78 is 1.84. The number of aromatic nitrogens is 2. The lowest BCUT2D eigenvalue weighted by Crippen LogP contribution is -2.41. The molecule has 0 saturated heterocycles. The highest BCUT2D eigenvalue weighted by Gasteiger charge is 2.47. The van der Waals surface area contributed by atoms with Crippen LogP contribution in [-0.4, -0.2) is 14.9 Å². The van der Waals surface area contributed by atoms with Crippen molar-refractivity contribution < 1.29 is 5.11 Å². The molecule has 0 amide bonds. The normalized spacial score (nSPS) is 18.5. The topological polar surface area (TPSA) is 38.0 Å². The van der Waals surface area contributed by atoms with Gasteiger partial charge in [0.2, 0.25) is 0 Å². The van der Waals surface area contributed by atoms with Crippen LogP contribution in [0.3, 0.4) is 0 Å². The molecule has 1 N–H and O–H groups in total. The molecule has 0 radical (unpaired) electrons. The van der Waals surface area contributed by atoms with Crippen LogP contribution in [0.2, 0.25) is 5.02 Å². The second-order valence-electron chi connectivity index (χ2n) is 6.19. The van der Waals surface area contributed by atoms with E-state index in [1.807, 2.05) is 22.9 Å². The molecule has 3 rings (SSSR count). The highest BCUT2D eigenvalue weighted by molar-refractivity contribution is 6.31. The fraction of sp³-hybridized carbons (Fsp3) is 0.471. The van der Waals surface area contributed by atoms with Gasteiger partial charge in [0, 0.05) is 11.5 Å². The van der Waals surface area contributed by atoms with Crippen LogP contribution in [0.1, 0.15) is 56.5 Å². The van der Waals surface area contributed by atoms with Crippen molar-refractivity contribution in [3.8, 4) is 0 Å². The van der Waals surface area contributed by atoms with Crippen LogP contribution in [0.25, 0.3) is 0 Å². The summed E-state index contributed by atoms with van der Waals surface area (Å²) in [6.07, 6.45) is 4.12. The first-order valence-electron chi connectivity index (χ1n) is 7.53. The number of rotatable bonds is 4. The molecule has 2 aromatic rings. The minimum absolute atomic E-state index is 0.176. The molecule has 0 spiro atoms. The monoisotopic (exact) mass is 304 g/mol. The minimum Gasteiger partial charge on any atom is -0.386 e. The fourth-order valence-electron chi connectivity index (χ4n) is 3.33. The summed E-state index contributed by atoms with van der Waals surface area (Å²) in [5, 5.41) is 16.0. The van der Waals surface area contributed by atoms with Crippen LogP contribution in [0.4, 0.5) is 0 Å². The molecule has 0 aliphatic heterocycles. The van der Waals surface area contributed by atoms with Gasteiger partial charge in [-0.25, -0.2) is 0 Å². The van der Waals surface area contributed by atoms with Crippen molar-refractivity contribution >= 4 is 11.6 Å². The van der Waals surface area contributed by atoms with Crippen molar-refractivity contribution in [1.29, 1.82) is 0 Å². The number of aliphatic hydroxyl groups excluding tert-OH is 1. The molecule has 1 fully saturated rings. The number of benzene rings is 1. The zero-order valence-corrected chi connectivity index (χ0v) is 13.2. The summed E-state index contributed by atoms with van der Waals surface area (Å²) in [6, 6.07) is 10.5. The van der Waals surface area contributed by atoms with E-state index in [0.717, 1.165) is 25.0 Å². The highest BCUT2D eigenvalue weighted by Crippen LogP contribution is 2.53. The quantitative estimate of drug-likeness (QED) is 0.916. The van der Waals surface area contributed by atoms with Crippen molar-refractivity contribution in [2.24, 2.45) is 0 Å². The van der Waals surface area contributed by atoms with E-state index in [-0.39, 0.29) is 11.5 Å². The van der Waals surface area contributed by atoms with Crippen LogP contribution < -0.4 is 0 Å². The Morgan fingerprint density at radius 2 is 1.90 bits per heavy atom. The van der Waals surface area contributed by atoms with Gasteiger partial charge in [-0.1, -0.05) is 48.4 Å². The smallest absolute Gasteiger partial charge is 0.107 e. The number of halogens is 1. The van der Waals surface area contributed by atoms with Crippen LogP contribution in [0.15, 0.2) is 36.5 Å². The van der Waals surface area contributed by atoms with Crippen LogP contribution in [0, 0.1) is 0 Å². The van der Waals surface area contributed by atoms with E-state index in [0.29, 0.717) is 5.02 Å². The minimum atomic E-state index is -0.619. The van der Waals surface area contributed by atoms with Gasteiger partial charge in [-0.2, -0.15) is 5.10 Å². The molecule has 1 saturated carbocycles. The molecule has 0 bridgehead atoms. The van der Waals surface area contributed by atoms with Gasteiger partial charge in [-0.3, -0.25) is 4.68 Å². The summed E-state index contributed by atoms with van der Waals surface area (Å²) >= 11 is 6.32. The Bertz CT molecular complexity index is 617. The lowest BCUT2D eigenvalue weighted by atomic mass is 9.60. The van der Waals surface area contributed by atoms with Gasteiger partial charge in [0.1, 0.15) is 6.10 Å². The average molecular weight is 305 g/mol. The number of nitrogens with zero attached hydrogens (tertiary/aromatic N) is 2. The molecule has 21 heavy (non-hydrogen) atoms. The molecule has 1 unspecified atom stereocenters. The van der Waals surface area contributed by atoms with Crippen molar-refractivity contribution in [3.05, 3.63) is 52.8 Å². The summed E-state index contributed by atoms with van der Waals surface area (Å²) in [4.78, 5) is 0. The Balaban J connectivity index is 2.05. The van der Waals surface area contributed by atoms with E-state index in [2.05, 4.69) is 31.1 Å². The second-order valence-corrected chi connectivity index (χ2v) is 6.60. The van der Waals surface area contributed by atoms with Gasteiger partial charge < -0.3 is 5.11 Å². The Morgan fingerprint density at radius 1 is 1.24 bits per heavy atom. The first-order chi connectivity index (χ1) is 10.1. The zero-order valence-electron chi connectivity index (χ0n) is 12.5. The standard InChI is InChI=1S/C17H21ClN2O/c1-12(2)20-15(14(18)11-19-20)16(21)17(9-6-10-17)13-7-4-3-5-8-13/h3-5,7-8,11-12,16,21H,6,9-10H2,1-2H3. The molecule has 4 heteroatoms. The summed E-state index contributed by atoms with van der Waals surface area (Å²) in [5.74, 6) is 0. The van der Waals surface area contributed by atoms with Gasteiger partial charge in [-0.15, -0.1) is 0 Å². The molecule has 3 nitrogen and oxygen atoms in total. The maximum atomic E-state index is 11.1. The Hall–Kier alpha value is -1.32. The molecule has 1 aliphatic rings. The van der Waals surface area contributed by atoms with E-state index in [4.69, 9.17) is 11.6 Å². The molecule has 1 atom stereocenters. The molecule has 1 aromatic carbocycles. The van der Waals surface area contributed by atoms with E-state index in [9.17, 15) is 5.11 Å². The Labute approximate surface area is 130 Å². The third kappa shape index (κ3) is 2.29. The Morgan fingerprint density at radius 3 is 2.43 bits per heavy atom. The van der Waals surface area contributed by atoms with Crippen molar-refractivity contribution in [1.82, 2.24) is 9.78 Å². The molecular formula is C17H21ClN2O. The van der Waals surface area contributed by atoms with E-state index in [1.54, 1.807) is 6.20 Å². The zero-order chi connectivity index (χ0) is 15.0. The first-order valence-corrected chi connectivity index (χ1v) is 7.90. The third-order valence-electron chi connectivity index (χ3n) is 4.65. The van der Waals surface area contributed by atoms with E-state index in [1.165, 1.54) is 5.56 Å². The highest BCUT2D eigenvalue weighted by atomic mass is 35.5. The van der Waals surface area contributed by atoms with Gasteiger partial charge >= 0.3 is 0 Å². The van der Waals surface area contributed by atoms with Crippen LogP contribution in [0.5, 0.6) is 0 Å². The van der Waals surface area contributed by atoms with Gasteiger partial charge in [0.15, 0.2) is 0 Å². The molecule has 112 valence electrons. The Kier molecular flexibility index (Phi) is 3.80. The molecule has 1 heterocycles. The third-order valence-corrected chi connectivity index (χ3v) is 4.94. The van der Waals surface area contributed by atoms with Crippen LogP contribution in [-0.2, 0) is 5.41 Å². The van der Waals surface area contributed by atoms with E-state index < -0.39 is 6.10 Å². The summed E-state index contributed by atoms with van der Waals surface area (Å²) in [5.41, 5.74) is 1.71. The average Bonchev–Trinajstić information content (AvgIpc) is 2.80. The summed E-state index contributed by atoms with van der Waals surface area (Å²) in [7, 11) is 0. The van der Waals surface area contributed by atoms with Crippen molar-refractivity contribution in [2.45, 2.75) is 50.7 Å². The molecular weight excluding hydrogens is 284 g/mol. The number of hydrogen-bond donors (Lipinski definition) is 1. The number of hydrogen-bond acceptors (Lipinski definition) is 2. The lowest BCUT2D eigenvalue weighted by molar-refractivity contribution is 0.0198. The van der Waals surface area contributed by atoms with Gasteiger partial charge in [0.25, 0.3) is 0 Å². The predicted molar refractivity (Wildman–Crippen MR) is 84.6 cm³/mol. The fourth-order valence-corrected chi connectivity index (χ4v) is 3.56. The van der Waals surface area contributed by atoms with Gasteiger partial charge in [0.05, 0.1) is 16.9 Å². The lowest BCUT2D eigenvalue weighted by Gasteiger charge is -2.46. The molecule has 1 aromatic heterocycles. The van der Waals surface area contributed by atoms with E-state index >= 15 is 0 Å². The van der Waals surface area contributed by atoms with Crippen molar-refractivity contribution in [3.63, 3.8) is 0 Å². The van der Waals surface area contributed by atoms with Crippen LogP contribution >= 0.6 is 11.6 Å². The van der Waals surface area contributed by atoms with Crippen molar-refractivity contribution in [2.75, 3.05) is 0 Å². The largest absolute Gasteiger partial charge is 0.386 e. The predicted octanol–water partition coefficient (Wildman–Crippen LogP) is 4.27. The number of aliphatic hydroxyl groups is 1.